The monoisotopic (exact) mass is 535 g/mol. The molecular formula is C31H41N3O5. The largest absolute Gasteiger partial charge is 0.455 e. The zero-order valence-corrected chi connectivity index (χ0v) is 24.9. The number of hydrogen-bond donors (Lipinski definition) is 3. The lowest BCUT2D eigenvalue weighted by atomic mass is 9.70. The van der Waals surface area contributed by atoms with Crippen LogP contribution < -0.4 is 15.4 Å². The van der Waals surface area contributed by atoms with E-state index < -0.39 is 29.0 Å². The number of benzene rings is 2. The van der Waals surface area contributed by atoms with E-state index >= 15 is 0 Å². The van der Waals surface area contributed by atoms with Crippen LogP contribution in [0, 0.1) is 5.41 Å². The second kappa shape index (κ2) is 9.81. The van der Waals surface area contributed by atoms with Crippen LogP contribution in [0.4, 0.5) is 4.79 Å². The van der Waals surface area contributed by atoms with E-state index in [1.165, 1.54) is 0 Å². The summed E-state index contributed by atoms with van der Waals surface area (Å²) in [5, 5.41) is 12.8. The summed E-state index contributed by atoms with van der Waals surface area (Å²) in [6, 6.07) is 7.69. The highest BCUT2D eigenvalue weighted by Gasteiger charge is 2.40. The quantitative estimate of drug-likeness (QED) is 0.224. The van der Waals surface area contributed by atoms with Crippen LogP contribution in [0.15, 0.2) is 24.3 Å². The molecule has 1 heterocycles. The number of guanidine groups is 1. The molecule has 0 atom stereocenters. The van der Waals surface area contributed by atoms with Crippen molar-refractivity contribution < 1.29 is 23.9 Å². The maximum absolute atomic E-state index is 13.5. The highest BCUT2D eigenvalue weighted by Crippen LogP contribution is 2.52. The molecule has 39 heavy (non-hydrogen) atoms. The van der Waals surface area contributed by atoms with E-state index in [4.69, 9.17) is 14.9 Å². The Morgan fingerprint density at radius 1 is 0.846 bits per heavy atom. The Morgan fingerprint density at radius 3 is 1.85 bits per heavy atom. The molecule has 0 spiro atoms. The van der Waals surface area contributed by atoms with Crippen LogP contribution in [-0.2, 0) is 21.0 Å². The maximum atomic E-state index is 13.5. The molecular weight excluding hydrogens is 494 g/mol. The zero-order chi connectivity index (χ0) is 29.7. The molecule has 0 bridgehead atoms. The third kappa shape index (κ3) is 6.32. The fourth-order valence-electron chi connectivity index (χ4n) is 4.42. The molecule has 2 amide bonds. The van der Waals surface area contributed by atoms with Gasteiger partial charge in [-0.1, -0.05) is 67.5 Å². The minimum absolute atomic E-state index is 0.192. The number of carbonyl (C=O) groups excluding carboxylic acids is 3. The summed E-state index contributed by atoms with van der Waals surface area (Å²) in [6.45, 7) is 21.6. The summed E-state index contributed by atoms with van der Waals surface area (Å²) < 4.78 is 11.6. The van der Waals surface area contributed by atoms with E-state index in [9.17, 15) is 14.4 Å². The minimum Gasteiger partial charge on any atom is -0.455 e. The molecule has 1 aliphatic rings. The van der Waals surface area contributed by atoms with Gasteiger partial charge < -0.3 is 9.47 Å². The lowest BCUT2D eigenvalue weighted by Crippen LogP contribution is -2.45. The summed E-state index contributed by atoms with van der Waals surface area (Å²) in [7, 11) is 0. The van der Waals surface area contributed by atoms with Crippen molar-refractivity contribution in [1.29, 1.82) is 5.41 Å². The highest BCUT2D eigenvalue weighted by atomic mass is 16.6. The summed E-state index contributed by atoms with van der Waals surface area (Å²) >= 11 is 0. The van der Waals surface area contributed by atoms with Gasteiger partial charge in [0.15, 0.2) is 6.29 Å². The number of nitrogens with one attached hydrogen (secondary N) is 3. The van der Waals surface area contributed by atoms with Gasteiger partial charge in [-0.25, -0.2) is 4.79 Å². The van der Waals surface area contributed by atoms with Gasteiger partial charge >= 0.3 is 6.09 Å². The van der Waals surface area contributed by atoms with E-state index in [0.29, 0.717) is 17.1 Å². The molecule has 2 aromatic rings. The summed E-state index contributed by atoms with van der Waals surface area (Å²) in [6.07, 6.45) is -0.0753. The smallest absolute Gasteiger partial charge is 0.414 e. The van der Waals surface area contributed by atoms with Crippen molar-refractivity contribution in [3.05, 3.63) is 57.6 Å². The minimum atomic E-state index is -0.852. The first-order chi connectivity index (χ1) is 17.6. The van der Waals surface area contributed by atoms with Crippen molar-refractivity contribution in [2.45, 2.75) is 98.0 Å². The van der Waals surface area contributed by atoms with Crippen molar-refractivity contribution in [3.63, 3.8) is 0 Å². The number of carbonyl (C=O) groups is 3. The third-order valence-electron chi connectivity index (χ3n) is 6.73. The van der Waals surface area contributed by atoms with Gasteiger partial charge in [0.2, 0.25) is 5.96 Å². The van der Waals surface area contributed by atoms with Gasteiger partial charge in [0.25, 0.3) is 5.91 Å². The second-order valence-corrected chi connectivity index (χ2v) is 13.6. The van der Waals surface area contributed by atoms with E-state index in [1.54, 1.807) is 26.8 Å². The lowest BCUT2D eigenvalue weighted by Gasteiger charge is -2.38. The normalized spacial score (nSPS) is 14.3. The Morgan fingerprint density at radius 2 is 1.36 bits per heavy atom. The molecule has 0 aliphatic carbocycles. The topological polar surface area (TPSA) is 118 Å². The standard InChI is InChI=1S/C31H41N3O5/c1-28(2,3)18-12-17(16-35)23-21(14-18)31(10,11)22-15-19(29(4,5)6)13-20(24(22)38-23)25(36)33-26(32)34-27(37)39-30(7,8)9/h12-16H,1-11H3,(H3,32,33,34,36,37). The number of alkyl carbamates (subject to hydrolysis) is 1. The van der Waals surface area contributed by atoms with Gasteiger partial charge in [0, 0.05) is 16.5 Å². The predicted molar refractivity (Wildman–Crippen MR) is 152 cm³/mol. The van der Waals surface area contributed by atoms with E-state index in [0.717, 1.165) is 28.5 Å². The number of amides is 2. The molecule has 3 N–H and O–H groups in total. The molecule has 210 valence electrons. The number of aldehydes is 1. The van der Waals surface area contributed by atoms with E-state index in [1.807, 2.05) is 12.1 Å². The van der Waals surface area contributed by atoms with Crippen LogP contribution in [0.3, 0.4) is 0 Å². The molecule has 1 aliphatic heterocycles. The number of hydrogen-bond acceptors (Lipinski definition) is 6. The average molecular weight is 536 g/mol. The van der Waals surface area contributed by atoms with Gasteiger partial charge in [0.05, 0.1) is 11.1 Å². The van der Waals surface area contributed by atoms with Crippen molar-refractivity contribution in [3.8, 4) is 11.5 Å². The van der Waals surface area contributed by atoms with Crippen molar-refractivity contribution in [1.82, 2.24) is 10.6 Å². The first-order valence-electron chi connectivity index (χ1n) is 13.1. The van der Waals surface area contributed by atoms with Crippen molar-refractivity contribution in [2.75, 3.05) is 0 Å². The molecule has 8 heteroatoms. The van der Waals surface area contributed by atoms with Crippen LogP contribution in [0.2, 0.25) is 0 Å². The molecule has 3 rings (SSSR count). The molecule has 0 radical (unpaired) electrons. The Hall–Kier alpha value is -3.68. The Bertz CT molecular complexity index is 1350. The zero-order valence-electron chi connectivity index (χ0n) is 24.9. The molecule has 8 nitrogen and oxygen atoms in total. The predicted octanol–water partition coefficient (Wildman–Crippen LogP) is 6.71. The van der Waals surface area contributed by atoms with Gasteiger partial charge in [0.1, 0.15) is 17.1 Å². The van der Waals surface area contributed by atoms with Gasteiger partial charge in [-0.15, -0.1) is 0 Å². The van der Waals surface area contributed by atoms with Crippen molar-refractivity contribution >= 4 is 24.2 Å². The van der Waals surface area contributed by atoms with E-state index in [2.05, 4.69) is 72.1 Å². The van der Waals surface area contributed by atoms with Crippen LogP contribution in [0.25, 0.3) is 0 Å². The Labute approximate surface area is 231 Å². The molecule has 0 fully saturated rings. The first-order valence-corrected chi connectivity index (χ1v) is 13.1. The molecule has 2 aromatic carbocycles. The van der Waals surface area contributed by atoms with Crippen LogP contribution in [0.1, 0.15) is 119 Å². The SMILES string of the molecule is CC(C)(C)OC(=O)NC(=N)NC(=O)c1cc(C(C)(C)C)cc2c1Oc1c(C=O)cc(C(C)(C)C)cc1C2(C)C. The van der Waals surface area contributed by atoms with Gasteiger partial charge in [-0.05, 0) is 54.9 Å². The molecule has 0 saturated heterocycles. The third-order valence-corrected chi connectivity index (χ3v) is 6.73. The fourth-order valence-corrected chi connectivity index (χ4v) is 4.42. The molecule has 0 unspecified atom stereocenters. The van der Waals surface area contributed by atoms with Gasteiger partial charge in [-0.3, -0.25) is 25.6 Å². The number of rotatable bonds is 2. The van der Waals surface area contributed by atoms with Crippen LogP contribution in [-0.4, -0.2) is 29.8 Å². The Kier molecular flexibility index (Phi) is 7.51. The number of fused-ring (bicyclic) bond motifs is 2. The number of ether oxygens (including phenoxy) is 2. The first kappa shape index (κ1) is 29.9. The molecule has 0 saturated carbocycles. The average Bonchev–Trinajstić information content (AvgIpc) is 2.75. The Balaban J connectivity index is 2.14. The van der Waals surface area contributed by atoms with Crippen molar-refractivity contribution in [2.24, 2.45) is 0 Å². The summed E-state index contributed by atoms with van der Waals surface area (Å²) in [5.41, 5.74) is 2.31. The fraction of sp³-hybridized carbons (Fsp3) is 0.484. The van der Waals surface area contributed by atoms with Crippen LogP contribution in [0.5, 0.6) is 11.5 Å². The van der Waals surface area contributed by atoms with E-state index in [-0.39, 0.29) is 16.4 Å². The van der Waals surface area contributed by atoms with Crippen LogP contribution >= 0.6 is 0 Å². The summed E-state index contributed by atoms with van der Waals surface area (Å²) in [5.74, 6) is -0.427. The molecule has 0 aromatic heterocycles. The van der Waals surface area contributed by atoms with Gasteiger partial charge in [-0.2, -0.15) is 0 Å². The second-order valence-electron chi connectivity index (χ2n) is 13.6. The lowest BCUT2D eigenvalue weighted by molar-refractivity contribution is 0.0561. The summed E-state index contributed by atoms with van der Waals surface area (Å²) in [4.78, 5) is 37.8. The maximum Gasteiger partial charge on any atom is 0.414 e. The highest BCUT2D eigenvalue weighted by molar-refractivity contribution is 6.09.